The molecule has 0 bridgehead atoms. The van der Waals surface area contributed by atoms with Crippen molar-refractivity contribution in [2.75, 3.05) is 6.61 Å². The summed E-state index contributed by atoms with van der Waals surface area (Å²) in [6.45, 7) is 5.82. The van der Waals surface area contributed by atoms with Gasteiger partial charge in [0.25, 0.3) is 5.91 Å². The normalized spacial score (nSPS) is 11.8. The van der Waals surface area contributed by atoms with Gasteiger partial charge in [-0.3, -0.25) is 9.59 Å². The van der Waals surface area contributed by atoms with Crippen molar-refractivity contribution in [3.05, 3.63) is 61.9 Å². The predicted octanol–water partition coefficient (Wildman–Crippen LogP) is 4.86. The molecule has 0 aliphatic carbocycles. The summed E-state index contributed by atoms with van der Waals surface area (Å²) in [5.74, 6) is -0.748. The zero-order chi connectivity index (χ0) is 21.1. The number of fused-ring (bicyclic) bond motifs is 1. The summed E-state index contributed by atoms with van der Waals surface area (Å²) >= 11 is 13.9. The molecule has 3 aromatic rings. The number of ether oxygens (including phenoxy) is 1. The molecule has 0 aliphatic heterocycles. The zero-order valence-electron chi connectivity index (χ0n) is 16.3. The number of esters is 1. The number of thiazole rings is 1. The first-order chi connectivity index (χ1) is 13.8. The number of carbonyl (C=O) groups excluding carboxylic acids is 2. The fourth-order valence-electron chi connectivity index (χ4n) is 2.98. The van der Waals surface area contributed by atoms with Crippen LogP contribution in [-0.4, -0.2) is 23.1 Å². The molecule has 1 aromatic heterocycles. The highest BCUT2D eigenvalue weighted by atomic mass is 35.5. The molecular weight excluding hydrogens is 431 g/mol. The molecule has 29 heavy (non-hydrogen) atoms. The predicted molar refractivity (Wildman–Crippen MR) is 117 cm³/mol. The molecule has 0 N–H and O–H groups in total. The molecule has 5 nitrogen and oxygen atoms in total. The van der Waals surface area contributed by atoms with Crippen LogP contribution in [0.25, 0.3) is 10.2 Å². The number of carbonyl (C=O) groups is 2. The van der Waals surface area contributed by atoms with Crippen LogP contribution in [0.2, 0.25) is 10.0 Å². The van der Waals surface area contributed by atoms with E-state index in [2.05, 4.69) is 4.99 Å². The van der Waals surface area contributed by atoms with Gasteiger partial charge in [-0.05, 0) is 44.0 Å². The molecule has 3 rings (SSSR count). The summed E-state index contributed by atoms with van der Waals surface area (Å²) in [6.07, 6.45) is 0.169. The van der Waals surface area contributed by atoms with Crippen molar-refractivity contribution >= 4 is 56.6 Å². The first kappa shape index (κ1) is 21.6. The highest BCUT2D eigenvalue weighted by Crippen LogP contribution is 2.32. The van der Waals surface area contributed by atoms with Gasteiger partial charge in [-0.25, -0.2) is 0 Å². The maximum absolute atomic E-state index is 12.7. The number of benzene rings is 2. The summed E-state index contributed by atoms with van der Waals surface area (Å²) in [6, 6.07) is 9.30. The maximum atomic E-state index is 12.7. The number of nitrogens with zero attached hydrogens (tertiary/aromatic N) is 2. The molecule has 8 heteroatoms. The molecule has 2 aromatic carbocycles. The lowest BCUT2D eigenvalue weighted by Crippen LogP contribution is -2.23. The molecule has 1 heterocycles. The van der Waals surface area contributed by atoms with Gasteiger partial charge < -0.3 is 9.30 Å². The molecule has 152 valence electrons. The molecule has 0 fully saturated rings. The van der Waals surface area contributed by atoms with Gasteiger partial charge in [0, 0.05) is 0 Å². The first-order valence-electron chi connectivity index (χ1n) is 9.06. The van der Waals surface area contributed by atoms with E-state index in [1.54, 1.807) is 23.6 Å². The molecule has 0 atom stereocenters. The van der Waals surface area contributed by atoms with Gasteiger partial charge in [0.1, 0.15) is 6.54 Å². The van der Waals surface area contributed by atoms with Crippen LogP contribution >= 0.6 is 34.5 Å². The Bertz CT molecular complexity index is 1160. The Labute approximate surface area is 182 Å². The highest BCUT2D eigenvalue weighted by molar-refractivity contribution is 7.17. The summed E-state index contributed by atoms with van der Waals surface area (Å²) in [7, 11) is 0. The minimum Gasteiger partial charge on any atom is -0.465 e. The standard InChI is InChI=1S/C21H20Cl2N2O3S/c1-4-28-18(27)11-25-19-15(22)7-8-16(23)20(19)29-21(25)24-17(26)10-14-9-12(2)5-6-13(14)3/h5-9H,4,10-11H2,1-3H3. The Morgan fingerprint density at radius 1 is 1.14 bits per heavy atom. The Balaban J connectivity index is 2.08. The average Bonchev–Trinajstić information content (AvgIpc) is 3.00. The molecular formula is C21H20Cl2N2O3S. The molecule has 0 saturated heterocycles. The van der Waals surface area contributed by atoms with Gasteiger partial charge in [-0.1, -0.05) is 58.3 Å². The number of hydrogen-bond donors (Lipinski definition) is 0. The van der Waals surface area contributed by atoms with Crippen LogP contribution in [0.4, 0.5) is 0 Å². The summed E-state index contributed by atoms with van der Waals surface area (Å²) in [5.41, 5.74) is 3.60. The van der Waals surface area contributed by atoms with Crippen molar-refractivity contribution in [3.63, 3.8) is 0 Å². The van der Waals surface area contributed by atoms with Gasteiger partial charge in [0.05, 0.1) is 33.3 Å². The van der Waals surface area contributed by atoms with E-state index in [1.807, 2.05) is 32.0 Å². The number of halogens is 2. The second-order valence-electron chi connectivity index (χ2n) is 6.59. The minimum atomic E-state index is -0.438. The van der Waals surface area contributed by atoms with Crippen LogP contribution in [0.5, 0.6) is 0 Å². The molecule has 0 radical (unpaired) electrons. The fraction of sp³-hybridized carbons (Fsp3) is 0.286. The lowest BCUT2D eigenvalue weighted by Gasteiger charge is -2.07. The second-order valence-corrected chi connectivity index (χ2v) is 8.39. The molecule has 0 spiro atoms. The quantitative estimate of drug-likeness (QED) is 0.521. The van der Waals surface area contributed by atoms with Crippen LogP contribution in [0.15, 0.2) is 35.3 Å². The Morgan fingerprint density at radius 3 is 2.59 bits per heavy atom. The molecule has 0 saturated carbocycles. The Hall–Kier alpha value is -2.15. The minimum absolute atomic E-state index is 0.108. The fourth-order valence-corrected chi connectivity index (χ4v) is 4.64. The number of aromatic nitrogens is 1. The van der Waals surface area contributed by atoms with Crippen molar-refractivity contribution in [2.45, 2.75) is 33.7 Å². The summed E-state index contributed by atoms with van der Waals surface area (Å²) in [5, 5.41) is 0.906. The van der Waals surface area contributed by atoms with E-state index < -0.39 is 5.97 Å². The van der Waals surface area contributed by atoms with Crippen molar-refractivity contribution in [1.82, 2.24) is 4.57 Å². The van der Waals surface area contributed by atoms with Crippen molar-refractivity contribution in [3.8, 4) is 0 Å². The van der Waals surface area contributed by atoms with Crippen LogP contribution in [0, 0.1) is 13.8 Å². The van der Waals surface area contributed by atoms with E-state index in [0.29, 0.717) is 25.1 Å². The third-order valence-electron chi connectivity index (χ3n) is 4.39. The van der Waals surface area contributed by atoms with Gasteiger partial charge in [-0.15, -0.1) is 0 Å². The first-order valence-corrected chi connectivity index (χ1v) is 10.6. The molecule has 0 aliphatic rings. The van der Waals surface area contributed by atoms with Crippen molar-refractivity contribution in [1.29, 1.82) is 0 Å². The van der Waals surface area contributed by atoms with Crippen LogP contribution < -0.4 is 4.80 Å². The van der Waals surface area contributed by atoms with Gasteiger partial charge >= 0.3 is 5.97 Å². The number of hydrogen-bond acceptors (Lipinski definition) is 4. The average molecular weight is 451 g/mol. The van der Waals surface area contributed by atoms with Gasteiger partial charge in [-0.2, -0.15) is 4.99 Å². The molecule has 0 unspecified atom stereocenters. The van der Waals surface area contributed by atoms with E-state index in [0.717, 1.165) is 16.7 Å². The van der Waals surface area contributed by atoms with E-state index in [1.165, 1.54) is 11.3 Å². The molecule has 1 amide bonds. The van der Waals surface area contributed by atoms with Gasteiger partial charge in [0.15, 0.2) is 4.80 Å². The third kappa shape index (κ3) is 4.89. The smallest absolute Gasteiger partial charge is 0.326 e. The summed E-state index contributed by atoms with van der Waals surface area (Å²) < 4.78 is 7.32. The zero-order valence-corrected chi connectivity index (χ0v) is 18.6. The van der Waals surface area contributed by atoms with E-state index in [-0.39, 0.29) is 25.5 Å². The van der Waals surface area contributed by atoms with Crippen LogP contribution in [0.3, 0.4) is 0 Å². The number of rotatable bonds is 5. The van der Waals surface area contributed by atoms with Gasteiger partial charge in [0.2, 0.25) is 0 Å². The Kier molecular flexibility index (Phi) is 6.77. The topological polar surface area (TPSA) is 60.7 Å². The van der Waals surface area contributed by atoms with E-state index in [9.17, 15) is 9.59 Å². The Morgan fingerprint density at radius 2 is 1.86 bits per heavy atom. The van der Waals surface area contributed by atoms with E-state index >= 15 is 0 Å². The van der Waals surface area contributed by atoms with Crippen molar-refractivity contribution < 1.29 is 14.3 Å². The SMILES string of the molecule is CCOC(=O)Cn1c(=NC(=O)Cc2cc(C)ccc2C)sc2c(Cl)ccc(Cl)c21. The maximum Gasteiger partial charge on any atom is 0.326 e. The van der Waals surface area contributed by atoms with Crippen LogP contribution in [-0.2, 0) is 27.3 Å². The lowest BCUT2D eigenvalue weighted by molar-refractivity contribution is -0.143. The monoisotopic (exact) mass is 450 g/mol. The number of aryl methyl sites for hydroxylation is 2. The van der Waals surface area contributed by atoms with Crippen LogP contribution in [0.1, 0.15) is 23.6 Å². The second kappa shape index (κ2) is 9.11. The lowest BCUT2D eigenvalue weighted by atomic mass is 10.0. The highest BCUT2D eigenvalue weighted by Gasteiger charge is 2.17. The van der Waals surface area contributed by atoms with E-state index in [4.69, 9.17) is 27.9 Å². The third-order valence-corrected chi connectivity index (χ3v) is 6.23. The van der Waals surface area contributed by atoms with Crippen molar-refractivity contribution in [2.24, 2.45) is 4.99 Å². The summed E-state index contributed by atoms with van der Waals surface area (Å²) in [4.78, 5) is 29.5. The number of amides is 1. The largest absolute Gasteiger partial charge is 0.465 e.